The zero-order valence-corrected chi connectivity index (χ0v) is 15.0. The molecule has 0 spiro atoms. The Labute approximate surface area is 152 Å². The molecule has 0 radical (unpaired) electrons. The van der Waals surface area contributed by atoms with Crippen LogP contribution in [0.3, 0.4) is 0 Å². The van der Waals surface area contributed by atoms with Crippen molar-refractivity contribution in [1.29, 1.82) is 0 Å². The lowest BCUT2D eigenvalue weighted by Crippen LogP contribution is -2.48. The van der Waals surface area contributed by atoms with Crippen molar-refractivity contribution in [2.24, 2.45) is 0 Å². The molecule has 0 N–H and O–H groups in total. The number of nitrogens with zero attached hydrogens (tertiary/aromatic N) is 4. The highest BCUT2D eigenvalue weighted by molar-refractivity contribution is 7.89. The highest BCUT2D eigenvalue weighted by atomic mass is 32.2. The smallest absolute Gasteiger partial charge is 0.340 e. The van der Waals surface area contributed by atoms with E-state index in [2.05, 4.69) is 10.1 Å². The first-order chi connectivity index (χ1) is 12.6. The summed E-state index contributed by atoms with van der Waals surface area (Å²) in [5.74, 6) is -0.623. The maximum absolute atomic E-state index is 13.4. The van der Waals surface area contributed by atoms with E-state index in [1.807, 2.05) is 4.90 Å². The number of aromatic nitrogens is 2. The minimum absolute atomic E-state index is 0.0812. The van der Waals surface area contributed by atoms with Crippen LogP contribution in [0.4, 0.5) is 17.6 Å². The molecule has 0 unspecified atom stereocenters. The molecule has 1 aliphatic rings. The van der Waals surface area contributed by atoms with E-state index < -0.39 is 32.5 Å². The molecule has 2 heterocycles. The molecule has 0 aliphatic carbocycles. The molecule has 0 amide bonds. The van der Waals surface area contributed by atoms with Gasteiger partial charge in [-0.15, -0.1) is 0 Å². The Morgan fingerprint density at radius 2 is 1.85 bits per heavy atom. The van der Waals surface area contributed by atoms with Crippen molar-refractivity contribution in [1.82, 2.24) is 19.3 Å². The summed E-state index contributed by atoms with van der Waals surface area (Å²) >= 11 is 0. The summed E-state index contributed by atoms with van der Waals surface area (Å²) in [5.41, 5.74) is -1.60. The Morgan fingerprint density at radius 1 is 1.19 bits per heavy atom. The van der Waals surface area contributed by atoms with Gasteiger partial charge in [0.05, 0.1) is 17.0 Å². The van der Waals surface area contributed by atoms with E-state index in [4.69, 9.17) is 4.52 Å². The fourth-order valence-corrected chi connectivity index (χ4v) is 4.21. The Hall–Kier alpha value is -2.05. The standard InChI is InChI=1S/C15H16F4N4O3S/c1-10-20-14(21-26-10)9-22-4-6-23(7-5-22)27(24,25)11-2-3-13(16)12(8-11)15(17,18)19/h2-3,8H,4-7,9H2,1H3. The quantitative estimate of drug-likeness (QED) is 0.721. The predicted octanol–water partition coefficient (Wildman–Crippen LogP) is 2.04. The van der Waals surface area contributed by atoms with Crippen LogP contribution >= 0.6 is 0 Å². The zero-order chi connectivity index (χ0) is 19.8. The molecule has 0 saturated carbocycles. The first kappa shape index (κ1) is 19.7. The van der Waals surface area contributed by atoms with Gasteiger partial charge in [-0.1, -0.05) is 5.16 Å². The van der Waals surface area contributed by atoms with Crippen LogP contribution in [0, 0.1) is 12.7 Å². The molecule has 1 aliphatic heterocycles. The average molecular weight is 408 g/mol. The molecule has 148 valence electrons. The lowest BCUT2D eigenvalue weighted by molar-refractivity contribution is -0.140. The van der Waals surface area contributed by atoms with Crippen molar-refractivity contribution < 1.29 is 30.5 Å². The highest BCUT2D eigenvalue weighted by Crippen LogP contribution is 2.33. The third-order valence-electron chi connectivity index (χ3n) is 4.15. The normalized spacial score (nSPS) is 17.4. The SMILES string of the molecule is Cc1nc(CN2CCN(S(=O)(=O)c3ccc(F)c(C(F)(F)F)c3)CC2)no1. The molecule has 1 fully saturated rings. The van der Waals surface area contributed by atoms with Crippen molar-refractivity contribution in [2.45, 2.75) is 24.5 Å². The Morgan fingerprint density at radius 3 is 2.41 bits per heavy atom. The number of hydrogen-bond donors (Lipinski definition) is 0. The largest absolute Gasteiger partial charge is 0.419 e. The van der Waals surface area contributed by atoms with E-state index in [1.54, 1.807) is 6.92 Å². The third-order valence-corrected chi connectivity index (χ3v) is 6.04. The number of aryl methyl sites for hydroxylation is 1. The molecule has 1 aromatic heterocycles. The maximum atomic E-state index is 13.4. The van der Waals surface area contributed by atoms with Gasteiger partial charge in [-0.2, -0.15) is 22.5 Å². The average Bonchev–Trinajstić information content (AvgIpc) is 2.99. The molecular formula is C15H16F4N4O3S. The Balaban J connectivity index is 1.72. The van der Waals surface area contributed by atoms with Gasteiger partial charge in [-0.25, -0.2) is 12.8 Å². The molecule has 1 aromatic carbocycles. The molecule has 0 atom stereocenters. The summed E-state index contributed by atoms with van der Waals surface area (Å²) in [5, 5.41) is 3.76. The highest BCUT2D eigenvalue weighted by Gasteiger charge is 2.36. The summed E-state index contributed by atoms with van der Waals surface area (Å²) in [7, 11) is -4.16. The van der Waals surface area contributed by atoms with E-state index in [0.29, 0.717) is 43.5 Å². The molecule has 1 saturated heterocycles. The van der Waals surface area contributed by atoms with Gasteiger partial charge < -0.3 is 4.52 Å². The fraction of sp³-hybridized carbons (Fsp3) is 0.467. The predicted molar refractivity (Wildman–Crippen MR) is 84.5 cm³/mol. The van der Waals surface area contributed by atoms with Crippen LogP contribution in [-0.4, -0.2) is 53.9 Å². The Kier molecular flexibility index (Phi) is 5.23. The van der Waals surface area contributed by atoms with Gasteiger partial charge in [0.15, 0.2) is 5.82 Å². The van der Waals surface area contributed by atoms with Gasteiger partial charge >= 0.3 is 6.18 Å². The number of rotatable bonds is 4. The van der Waals surface area contributed by atoms with Gasteiger partial charge in [-0.3, -0.25) is 4.90 Å². The summed E-state index contributed by atoms with van der Waals surface area (Å²) in [4.78, 5) is 5.39. The van der Waals surface area contributed by atoms with Crippen LogP contribution in [0.1, 0.15) is 17.3 Å². The number of alkyl halides is 3. The lowest BCUT2D eigenvalue weighted by atomic mass is 10.2. The van der Waals surface area contributed by atoms with Crippen LogP contribution in [0.25, 0.3) is 0 Å². The molecule has 12 heteroatoms. The molecular weight excluding hydrogens is 392 g/mol. The van der Waals surface area contributed by atoms with Crippen LogP contribution in [0.2, 0.25) is 0 Å². The third kappa shape index (κ3) is 4.28. The van der Waals surface area contributed by atoms with Crippen molar-refractivity contribution >= 4 is 10.0 Å². The van der Waals surface area contributed by atoms with Crippen LogP contribution in [-0.2, 0) is 22.7 Å². The fourth-order valence-electron chi connectivity index (χ4n) is 2.76. The second-order valence-corrected chi connectivity index (χ2v) is 7.99. The van der Waals surface area contributed by atoms with Crippen molar-refractivity contribution in [3.63, 3.8) is 0 Å². The van der Waals surface area contributed by atoms with E-state index in [9.17, 15) is 26.0 Å². The number of sulfonamides is 1. The van der Waals surface area contributed by atoms with Gasteiger partial charge in [0.25, 0.3) is 0 Å². The van der Waals surface area contributed by atoms with Gasteiger partial charge in [0.2, 0.25) is 15.9 Å². The minimum atomic E-state index is -4.98. The number of piperazine rings is 1. The number of hydrogen-bond acceptors (Lipinski definition) is 6. The van der Waals surface area contributed by atoms with Gasteiger partial charge in [0.1, 0.15) is 5.82 Å². The molecule has 3 rings (SSSR count). The molecule has 7 nitrogen and oxygen atoms in total. The summed E-state index contributed by atoms with van der Waals surface area (Å²) in [6, 6.07) is 1.69. The van der Waals surface area contributed by atoms with Crippen LogP contribution in [0.5, 0.6) is 0 Å². The zero-order valence-electron chi connectivity index (χ0n) is 14.2. The van der Waals surface area contributed by atoms with Gasteiger partial charge in [0, 0.05) is 33.1 Å². The number of halogens is 4. The van der Waals surface area contributed by atoms with Crippen molar-refractivity contribution in [2.75, 3.05) is 26.2 Å². The molecule has 0 bridgehead atoms. The van der Waals surface area contributed by atoms with E-state index >= 15 is 0 Å². The first-order valence-corrected chi connectivity index (χ1v) is 9.40. The van der Waals surface area contributed by atoms with Crippen LogP contribution < -0.4 is 0 Å². The van der Waals surface area contributed by atoms with E-state index in [-0.39, 0.29) is 13.1 Å². The monoisotopic (exact) mass is 408 g/mol. The van der Waals surface area contributed by atoms with Gasteiger partial charge in [-0.05, 0) is 18.2 Å². The molecule has 2 aromatic rings. The Bertz CT molecular complexity index is 921. The first-order valence-electron chi connectivity index (χ1n) is 7.96. The second kappa shape index (κ2) is 7.17. The summed E-state index contributed by atoms with van der Waals surface area (Å²) in [6.07, 6.45) is -4.98. The summed E-state index contributed by atoms with van der Waals surface area (Å²) < 4.78 is 83.1. The van der Waals surface area contributed by atoms with E-state index in [1.165, 1.54) is 0 Å². The maximum Gasteiger partial charge on any atom is 0.419 e. The van der Waals surface area contributed by atoms with E-state index in [0.717, 1.165) is 10.4 Å². The van der Waals surface area contributed by atoms with Crippen molar-refractivity contribution in [3.8, 4) is 0 Å². The number of benzene rings is 1. The second-order valence-electron chi connectivity index (χ2n) is 6.05. The van der Waals surface area contributed by atoms with Crippen LogP contribution in [0.15, 0.2) is 27.6 Å². The minimum Gasteiger partial charge on any atom is -0.340 e. The molecule has 27 heavy (non-hydrogen) atoms. The van der Waals surface area contributed by atoms with Crippen molar-refractivity contribution in [3.05, 3.63) is 41.3 Å². The topological polar surface area (TPSA) is 79.5 Å². The lowest BCUT2D eigenvalue weighted by Gasteiger charge is -2.33. The summed E-state index contributed by atoms with van der Waals surface area (Å²) in [6.45, 7) is 2.88.